The lowest BCUT2D eigenvalue weighted by molar-refractivity contribution is 0.277. The predicted octanol–water partition coefficient (Wildman–Crippen LogP) is 2.93. The van der Waals surface area contributed by atoms with Crippen LogP contribution < -0.4 is 15.2 Å². The van der Waals surface area contributed by atoms with E-state index in [9.17, 15) is 0 Å². The van der Waals surface area contributed by atoms with Crippen LogP contribution in [0, 0.1) is 11.8 Å². The molecule has 1 heterocycles. The third-order valence-corrected chi connectivity index (χ3v) is 4.70. The Morgan fingerprint density at radius 2 is 1.92 bits per heavy atom. The number of rotatable bonds is 6. The van der Waals surface area contributed by atoms with E-state index in [4.69, 9.17) is 15.2 Å². The van der Waals surface area contributed by atoms with Crippen LogP contribution in [0.4, 0.5) is 0 Å². The molecule has 0 aliphatic carbocycles. The van der Waals surface area contributed by atoms with E-state index in [2.05, 4.69) is 29.8 Å². The molecule has 1 aromatic rings. The minimum absolute atomic E-state index is 0.422. The molecule has 24 heavy (non-hydrogen) atoms. The number of aliphatic imine (C=N–C) groups is 1. The maximum absolute atomic E-state index is 6.16. The van der Waals surface area contributed by atoms with E-state index < -0.39 is 0 Å². The number of hydrogen-bond donors (Lipinski definition) is 1. The molecule has 1 aliphatic heterocycles. The Morgan fingerprint density at radius 3 is 2.54 bits per heavy atom. The Bertz CT molecular complexity index is 552. The van der Waals surface area contributed by atoms with Crippen LogP contribution in [0.15, 0.2) is 23.2 Å². The number of ether oxygens (including phenoxy) is 2. The summed E-state index contributed by atoms with van der Waals surface area (Å²) >= 11 is 0. The van der Waals surface area contributed by atoms with Crippen LogP contribution in [0.1, 0.15) is 32.3 Å². The summed E-state index contributed by atoms with van der Waals surface area (Å²) in [6.07, 6.45) is 3.35. The number of hydrogen-bond acceptors (Lipinski definition) is 3. The van der Waals surface area contributed by atoms with Crippen molar-refractivity contribution in [1.29, 1.82) is 0 Å². The van der Waals surface area contributed by atoms with Crippen LogP contribution in [0.25, 0.3) is 0 Å². The van der Waals surface area contributed by atoms with Crippen LogP contribution in [-0.4, -0.2) is 44.7 Å². The molecule has 0 saturated carbocycles. The molecule has 1 saturated heterocycles. The van der Waals surface area contributed by atoms with E-state index in [1.54, 1.807) is 14.2 Å². The van der Waals surface area contributed by atoms with Crippen molar-refractivity contribution < 1.29 is 9.47 Å². The van der Waals surface area contributed by atoms with Gasteiger partial charge in [0.05, 0.1) is 14.2 Å². The quantitative estimate of drug-likeness (QED) is 0.642. The zero-order valence-electron chi connectivity index (χ0n) is 15.4. The van der Waals surface area contributed by atoms with E-state index in [1.165, 1.54) is 18.4 Å². The number of likely N-dealkylation sites (tertiary alicyclic amines) is 1. The maximum Gasteiger partial charge on any atom is 0.191 e. The largest absolute Gasteiger partial charge is 0.493 e. The minimum Gasteiger partial charge on any atom is -0.493 e. The lowest BCUT2D eigenvalue weighted by atomic mass is 9.99. The SMILES string of the molecule is COc1ccc(CC(C)CN=C(N)N2CCC(C)CC2)cc1OC. The normalized spacial score (nSPS) is 17.7. The van der Waals surface area contributed by atoms with Crippen molar-refractivity contribution in [2.45, 2.75) is 33.1 Å². The van der Waals surface area contributed by atoms with Gasteiger partial charge >= 0.3 is 0 Å². The van der Waals surface area contributed by atoms with Crippen LogP contribution in [0.2, 0.25) is 0 Å². The molecule has 134 valence electrons. The summed E-state index contributed by atoms with van der Waals surface area (Å²) in [5, 5.41) is 0. The molecule has 0 spiro atoms. The first kappa shape index (κ1) is 18.4. The zero-order valence-corrected chi connectivity index (χ0v) is 15.4. The van der Waals surface area contributed by atoms with Crippen LogP contribution in [-0.2, 0) is 6.42 Å². The Balaban J connectivity index is 1.88. The number of benzene rings is 1. The molecule has 0 aromatic heterocycles. The highest BCUT2D eigenvalue weighted by atomic mass is 16.5. The summed E-state index contributed by atoms with van der Waals surface area (Å²) in [6.45, 7) is 7.30. The Labute approximate surface area is 145 Å². The number of methoxy groups -OCH3 is 2. The van der Waals surface area contributed by atoms with Crippen LogP contribution in [0.3, 0.4) is 0 Å². The van der Waals surface area contributed by atoms with Gasteiger partial charge in [-0.3, -0.25) is 4.99 Å². The molecular weight excluding hydrogens is 302 g/mol. The summed E-state index contributed by atoms with van der Waals surface area (Å²) in [4.78, 5) is 6.82. The highest BCUT2D eigenvalue weighted by Crippen LogP contribution is 2.28. The Morgan fingerprint density at radius 1 is 1.25 bits per heavy atom. The monoisotopic (exact) mass is 333 g/mol. The molecule has 1 fully saturated rings. The third kappa shape index (κ3) is 5.05. The van der Waals surface area contributed by atoms with Gasteiger partial charge in [0.2, 0.25) is 0 Å². The Hall–Kier alpha value is -1.91. The molecule has 0 radical (unpaired) electrons. The summed E-state index contributed by atoms with van der Waals surface area (Å²) in [7, 11) is 3.31. The fraction of sp³-hybridized carbons (Fsp3) is 0.632. The predicted molar refractivity (Wildman–Crippen MR) is 98.9 cm³/mol. The lowest BCUT2D eigenvalue weighted by Gasteiger charge is -2.31. The molecule has 1 aromatic carbocycles. The molecule has 0 bridgehead atoms. The highest BCUT2D eigenvalue weighted by molar-refractivity contribution is 5.78. The molecule has 2 rings (SSSR count). The second-order valence-corrected chi connectivity index (χ2v) is 6.87. The van der Waals surface area contributed by atoms with Crippen LogP contribution in [0.5, 0.6) is 11.5 Å². The minimum atomic E-state index is 0.422. The number of piperidine rings is 1. The van der Waals surface area contributed by atoms with E-state index in [0.29, 0.717) is 11.9 Å². The summed E-state index contributed by atoms with van der Waals surface area (Å²) < 4.78 is 10.6. The standard InChI is InChI=1S/C19H31N3O2/c1-14-7-9-22(10-8-14)19(20)21-13-15(2)11-16-5-6-17(23-3)18(12-16)24-4/h5-6,12,14-15H,7-11,13H2,1-4H3,(H2,20,21). The number of guanidine groups is 1. The smallest absolute Gasteiger partial charge is 0.191 e. The van der Waals surface area contributed by atoms with Gasteiger partial charge in [-0.1, -0.05) is 19.9 Å². The van der Waals surface area contributed by atoms with Crippen molar-refractivity contribution in [1.82, 2.24) is 4.90 Å². The average Bonchev–Trinajstić information content (AvgIpc) is 2.60. The van der Waals surface area contributed by atoms with E-state index in [0.717, 1.165) is 43.5 Å². The van der Waals surface area contributed by atoms with Gasteiger partial charge in [0, 0.05) is 19.6 Å². The number of nitrogens with two attached hydrogens (primary N) is 1. The molecule has 1 aliphatic rings. The number of nitrogens with zero attached hydrogens (tertiary/aromatic N) is 2. The van der Waals surface area contributed by atoms with Crippen molar-refractivity contribution in [3.8, 4) is 11.5 Å². The van der Waals surface area contributed by atoms with Crippen molar-refractivity contribution in [2.75, 3.05) is 33.9 Å². The lowest BCUT2D eigenvalue weighted by Crippen LogP contribution is -2.42. The fourth-order valence-electron chi connectivity index (χ4n) is 3.06. The molecular formula is C19H31N3O2. The summed E-state index contributed by atoms with van der Waals surface area (Å²) in [5.74, 6) is 3.45. The van der Waals surface area contributed by atoms with Gasteiger partial charge in [0.25, 0.3) is 0 Å². The summed E-state index contributed by atoms with van der Waals surface area (Å²) in [5.41, 5.74) is 7.38. The van der Waals surface area contributed by atoms with Crippen LogP contribution >= 0.6 is 0 Å². The molecule has 1 atom stereocenters. The first-order valence-electron chi connectivity index (χ1n) is 8.79. The fourth-order valence-corrected chi connectivity index (χ4v) is 3.06. The van der Waals surface area contributed by atoms with Gasteiger partial charge in [0.1, 0.15) is 0 Å². The van der Waals surface area contributed by atoms with Crippen molar-refractivity contribution in [3.05, 3.63) is 23.8 Å². The highest BCUT2D eigenvalue weighted by Gasteiger charge is 2.17. The second-order valence-electron chi connectivity index (χ2n) is 6.87. The van der Waals surface area contributed by atoms with Gasteiger partial charge in [-0.05, 0) is 48.8 Å². The van der Waals surface area contributed by atoms with Gasteiger partial charge in [-0.2, -0.15) is 0 Å². The van der Waals surface area contributed by atoms with Crippen molar-refractivity contribution in [3.63, 3.8) is 0 Å². The maximum atomic E-state index is 6.16. The molecule has 1 unspecified atom stereocenters. The van der Waals surface area contributed by atoms with E-state index >= 15 is 0 Å². The van der Waals surface area contributed by atoms with E-state index in [1.807, 2.05) is 12.1 Å². The Kier molecular flexibility index (Phi) is 6.76. The van der Waals surface area contributed by atoms with Gasteiger partial charge in [-0.15, -0.1) is 0 Å². The van der Waals surface area contributed by atoms with Gasteiger partial charge in [-0.25, -0.2) is 0 Å². The van der Waals surface area contributed by atoms with Gasteiger partial charge in [0.15, 0.2) is 17.5 Å². The van der Waals surface area contributed by atoms with Crippen molar-refractivity contribution >= 4 is 5.96 Å². The second kappa shape index (κ2) is 8.81. The summed E-state index contributed by atoms with van der Waals surface area (Å²) in [6, 6.07) is 6.07. The van der Waals surface area contributed by atoms with Crippen molar-refractivity contribution in [2.24, 2.45) is 22.6 Å². The molecule has 2 N–H and O–H groups in total. The average molecular weight is 333 g/mol. The topological polar surface area (TPSA) is 60.1 Å². The third-order valence-electron chi connectivity index (χ3n) is 4.70. The molecule has 0 amide bonds. The van der Waals surface area contributed by atoms with E-state index in [-0.39, 0.29) is 0 Å². The van der Waals surface area contributed by atoms with Gasteiger partial charge < -0.3 is 20.1 Å². The molecule has 5 nitrogen and oxygen atoms in total. The first-order valence-corrected chi connectivity index (χ1v) is 8.79. The zero-order chi connectivity index (χ0) is 17.5. The molecule has 5 heteroatoms. The first-order chi connectivity index (χ1) is 11.5.